The minimum absolute atomic E-state index is 0.0320. The summed E-state index contributed by atoms with van der Waals surface area (Å²) in [6.45, 7) is 11.3. The van der Waals surface area contributed by atoms with Crippen LogP contribution in [0.4, 0.5) is 10.1 Å². The number of para-hydroxylation sites is 1. The number of hydrogen-bond donors (Lipinski definition) is 0. The average molecular weight is 1210 g/mol. The first-order valence-electron chi connectivity index (χ1n) is 29.6. The zero-order valence-corrected chi connectivity index (χ0v) is 51.9. The number of rotatable bonds is 25. The minimum atomic E-state index is -4.58. The van der Waals surface area contributed by atoms with Crippen molar-refractivity contribution in [2.45, 2.75) is 126 Å². The van der Waals surface area contributed by atoms with Crippen molar-refractivity contribution in [3.63, 3.8) is 0 Å². The highest BCUT2D eigenvalue weighted by atomic mass is 32.2. The molecule has 8 aromatic carbocycles. The first-order valence-corrected chi connectivity index (χ1v) is 34.2. The van der Waals surface area contributed by atoms with Gasteiger partial charge in [0.2, 0.25) is 5.91 Å². The lowest BCUT2D eigenvalue weighted by molar-refractivity contribution is -0.261. The number of anilines is 1. The molecule has 2 saturated heterocycles. The molecule has 0 aliphatic carbocycles. The van der Waals surface area contributed by atoms with Crippen molar-refractivity contribution in [3.8, 4) is 16.9 Å². The molecule has 0 aromatic heterocycles. The fraction of sp³-hybridized carbons (Fsp3) is 0.306. The summed E-state index contributed by atoms with van der Waals surface area (Å²) in [6.07, 6.45) is -6.03. The molecule has 0 N–H and O–H groups in total. The van der Waals surface area contributed by atoms with Crippen LogP contribution in [0.3, 0.4) is 0 Å². The molecule has 0 radical (unpaired) electrons. The maximum Gasteiger partial charge on any atom is 0.337 e. The number of halogens is 1. The quantitative estimate of drug-likeness (QED) is 0.0307. The van der Waals surface area contributed by atoms with Gasteiger partial charge >= 0.3 is 5.97 Å². The summed E-state index contributed by atoms with van der Waals surface area (Å²) in [6, 6.07) is 65.9. The number of hydrogen-bond acceptors (Lipinski definition) is 11. The molecule has 15 heteroatoms. The van der Waals surface area contributed by atoms with E-state index in [-0.39, 0.29) is 41.5 Å². The second-order valence-electron chi connectivity index (χ2n) is 23.8. The van der Waals surface area contributed by atoms with Crippen LogP contribution in [-0.4, -0.2) is 72.0 Å². The van der Waals surface area contributed by atoms with E-state index in [1.54, 1.807) is 23.1 Å². The summed E-state index contributed by atoms with van der Waals surface area (Å²) < 4.78 is 93.4. The number of β-lactam (4-membered cyclic amide) rings is 1. The molecule has 2 unspecified atom stereocenters. The molecule has 0 spiro atoms. The Labute approximate surface area is 512 Å². The number of sulfone groups is 1. The lowest BCUT2D eigenvalue weighted by Gasteiger charge is -2.49. The first kappa shape index (κ1) is 62.4. The monoisotopic (exact) mass is 1210 g/mol. The lowest BCUT2D eigenvalue weighted by atomic mass is 9.78. The van der Waals surface area contributed by atoms with Crippen LogP contribution in [0, 0.1) is 11.7 Å². The van der Waals surface area contributed by atoms with Gasteiger partial charge in [0.05, 0.1) is 55.6 Å². The molecule has 0 saturated carbocycles. The van der Waals surface area contributed by atoms with E-state index in [4.69, 9.17) is 32.8 Å². The zero-order chi connectivity index (χ0) is 61.1. The van der Waals surface area contributed by atoms with E-state index in [9.17, 15) is 9.18 Å². The highest BCUT2D eigenvalue weighted by Crippen LogP contribution is 2.50. The van der Waals surface area contributed by atoms with Crippen LogP contribution >= 0.6 is 0 Å². The van der Waals surface area contributed by atoms with Gasteiger partial charge in [-0.2, -0.15) is 0 Å². The molecule has 2 fully saturated rings. The first-order chi connectivity index (χ1) is 42.0. The Kier molecular flexibility index (Phi) is 20.1. The lowest BCUT2D eigenvalue weighted by Crippen LogP contribution is -2.63. The molecule has 2 heterocycles. The van der Waals surface area contributed by atoms with Gasteiger partial charge in [-0.1, -0.05) is 197 Å². The van der Waals surface area contributed by atoms with Crippen LogP contribution in [0.25, 0.3) is 11.1 Å². The van der Waals surface area contributed by atoms with Gasteiger partial charge in [-0.15, -0.1) is 0 Å². The van der Waals surface area contributed by atoms with Crippen LogP contribution in [0.1, 0.15) is 79.1 Å². The highest BCUT2D eigenvalue weighted by Gasteiger charge is 2.54. The van der Waals surface area contributed by atoms with Gasteiger partial charge in [-0.05, 0) is 118 Å². The predicted molar refractivity (Wildman–Crippen MR) is 337 cm³/mol. The number of carbonyl (C=O) groups is 2. The van der Waals surface area contributed by atoms with Crippen molar-refractivity contribution in [1.82, 2.24) is 0 Å². The fourth-order valence-electron chi connectivity index (χ4n) is 11.2. The second kappa shape index (κ2) is 28.0. The Morgan fingerprint density at radius 3 is 1.69 bits per heavy atom. The molecule has 8 aromatic rings. The number of amides is 1. The Morgan fingerprint density at radius 2 is 1.14 bits per heavy atom. The highest BCUT2D eigenvalue weighted by molar-refractivity contribution is 7.91. The van der Waals surface area contributed by atoms with Gasteiger partial charge in [0.25, 0.3) is 0 Å². The van der Waals surface area contributed by atoms with Gasteiger partial charge in [0, 0.05) is 5.69 Å². The maximum absolute atomic E-state index is 16.4. The molecular formula is C72H76FNO11SSi. The molecule has 8 atom stereocenters. The standard InChI is InChI=1S/C72H76FNO11SSi/c1-72(2,3)87(5,6)85-62(54-35-38-57(73)39-36-54)42-41-61-65(74(70(61)75)58-32-20-11-21-33-58)60-40-37-56(55-31-22-34-59(43-55)80-45-50-23-12-7-13-24-50)44-64(60)86(77,78)49-63-66(81-46-51-25-14-8-15-26-51)67(82-47-52-27-16-9-17-28-52)68(69(84-63)71(76)79-4)83-48-53-29-18-10-19-30-53/h7-40,43-44,61-63,65-69H,41-42,45-49H2,1-6H3/t61-,62+,63+,65-,66?,67+,68-,69?/m1/s1. The van der Waals surface area contributed by atoms with E-state index >= 15 is 13.2 Å². The molecular weight excluding hydrogens is 1130 g/mol. The summed E-state index contributed by atoms with van der Waals surface area (Å²) in [7, 11) is -5.78. The third kappa shape index (κ3) is 15.2. The normalized spacial score (nSPS) is 20.1. The number of ether oxygens (including phenoxy) is 6. The van der Waals surface area contributed by atoms with E-state index in [0.29, 0.717) is 47.6 Å². The number of methoxy groups -OCH3 is 1. The molecule has 12 nitrogen and oxygen atoms in total. The largest absolute Gasteiger partial charge is 0.489 e. The minimum Gasteiger partial charge on any atom is -0.489 e. The number of carbonyl (C=O) groups excluding carboxylic acids is 2. The number of benzene rings is 8. The van der Waals surface area contributed by atoms with Crippen molar-refractivity contribution in [3.05, 3.63) is 258 Å². The van der Waals surface area contributed by atoms with Gasteiger partial charge in [0.15, 0.2) is 24.3 Å². The van der Waals surface area contributed by atoms with E-state index in [0.717, 1.165) is 27.8 Å². The van der Waals surface area contributed by atoms with E-state index in [1.165, 1.54) is 19.2 Å². The zero-order valence-electron chi connectivity index (χ0n) is 50.1. The van der Waals surface area contributed by atoms with E-state index < -0.39 is 78.5 Å². The van der Waals surface area contributed by atoms with Crippen molar-refractivity contribution < 1.29 is 55.2 Å². The van der Waals surface area contributed by atoms with Crippen LogP contribution in [-0.2, 0) is 74.0 Å². The molecule has 2 aliphatic rings. The van der Waals surface area contributed by atoms with Crippen molar-refractivity contribution in [1.29, 1.82) is 0 Å². The average Bonchev–Trinajstić information content (AvgIpc) is 1.80. The van der Waals surface area contributed by atoms with E-state index in [2.05, 4.69) is 33.9 Å². The van der Waals surface area contributed by atoms with E-state index in [1.807, 2.05) is 188 Å². The molecule has 452 valence electrons. The Hall–Kier alpha value is -7.60. The molecule has 0 bridgehead atoms. The second-order valence-corrected chi connectivity index (χ2v) is 30.6. The van der Waals surface area contributed by atoms with Gasteiger partial charge in [-0.25, -0.2) is 17.6 Å². The Bertz CT molecular complexity index is 3650. The van der Waals surface area contributed by atoms with Crippen LogP contribution in [0.15, 0.2) is 223 Å². The molecule has 87 heavy (non-hydrogen) atoms. The summed E-state index contributed by atoms with van der Waals surface area (Å²) in [4.78, 5) is 30.9. The van der Waals surface area contributed by atoms with Crippen molar-refractivity contribution in [2.75, 3.05) is 17.8 Å². The third-order valence-electron chi connectivity index (χ3n) is 16.9. The summed E-state index contributed by atoms with van der Waals surface area (Å²) in [5.74, 6) is -2.18. The summed E-state index contributed by atoms with van der Waals surface area (Å²) in [5.41, 5.74) is 6.46. The summed E-state index contributed by atoms with van der Waals surface area (Å²) in [5, 5.41) is -0.169. The fourth-order valence-corrected chi connectivity index (χ4v) is 14.2. The number of esters is 1. The summed E-state index contributed by atoms with van der Waals surface area (Å²) >= 11 is 0. The molecule has 2 aliphatic heterocycles. The van der Waals surface area contributed by atoms with Crippen LogP contribution in [0.5, 0.6) is 5.75 Å². The van der Waals surface area contributed by atoms with Gasteiger partial charge < -0.3 is 37.7 Å². The smallest absolute Gasteiger partial charge is 0.337 e. The SMILES string of the molecule is COC(=O)C1O[C@@H](CS(=O)(=O)c2cc(-c3cccc(OCc4ccccc4)c3)ccc2[C@@H]2[C@@H](CC[C@H](O[Si](C)(C)C(C)(C)C)c3ccc(F)cc3)C(=O)N2c2ccccc2)C(OCc2ccccc2)[C@H](OCc2ccccc2)[C@H]1OCc1ccccc1. The Morgan fingerprint density at radius 1 is 0.621 bits per heavy atom. The molecule has 1 amide bonds. The number of nitrogens with zero attached hydrogens (tertiary/aromatic N) is 1. The van der Waals surface area contributed by atoms with Gasteiger partial charge in [-0.3, -0.25) is 4.79 Å². The topological polar surface area (TPSA) is 136 Å². The Balaban J connectivity index is 1.09. The molecule has 10 rings (SSSR count). The van der Waals surface area contributed by atoms with Crippen molar-refractivity contribution in [2.24, 2.45) is 5.92 Å². The predicted octanol–water partition coefficient (Wildman–Crippen LogP) is 14.8. The van der Waals surface area contributed by atoms with Crippen LogP contribution < -0.4 is 9.64 Å². The van der Waals surface area contributed by atoms with Gasteiger partial charge in [0.1, 0.15) is 42.6 Å². The van der Waals surface area contributed by atoms with Crippen LogP contribution in [0.2, 0.25) is 18.1 Å². The maximum atomic E-state index is 16.4. The third-order valence-corrected chi connectivity index (χ3v) is 23.1. The van der Waals surface area contributed by atoms with Crippen molar-refractivity contribution >= 4 is 35.7 Å².